The lowest BCUT2D eigenvalue weighted by molar-refractivity contribution is 0.0240. The summed E-state index contributed by atoms with van der Waals surface area (Å²) >= 11 is 1.63. The monoisotopic (exact) mass is 318 g/mol. The van der Waals surface area contributed by atoms with Crippen LogP contribution in [0.4, 0.5) is 0 Å². The molecule has 4 rings (SSSR count). The summed E-state index contributed by atoms with van der Waals surface area (Å²) < 4.78 is 5.39. The van der Waals surface area contributed by atoms with E-state index < -0.39 is 0 Å². The minimum Gasteiger partial charge on any atom is -0.447 e. The number of rotatable bonds is 5. The molecule has 2 fully saturated rings. The number of thiophene rings is 1. The topological polar surface area (TPSA) is 75.4 Å². The van der Waals surface area contributed by atoms with Crippen LogP contribution in [0.25, 0.3) is 0 Å². The van der Waals surface area contributed by atoms with Crippen LogP contribution in [0.2, 0.25) is 0 Å². The standard InChI is InChI=1S/C16H18N2O3S/c19-11-6-10(7-11)13(12-2-1-5-22-12)18-16(20)14-15(9-3-4-9)21-8-17-14/h1-2,5,8-11,13,19H,3-4,6-7H2,(H,18,20). The van der Waals surface area contributed by atoms with Crippen molar-refractivity contribution in [1.82, 2.24) is 10.3 Å². The van der Waals surface area contributed by atoms with Crippen LogP contribution < -0.4 is 5.32 Å². The summed E-state index contributed by atoms with van der Waals surface area (Å²) in [4.78, 5) is 17.8. The Labute approximate surface area is 132 Å². The van der Waals surface area contributed by atoms with Crippen molar-refractivity contribution in [2.45, 2.75) is 43.7 Å². The highest BCUT2D eigenvalue weighted by molar-refractivity contribution is 7.10. The molecule has 116 valence electrons. The Morgan fingerprint density at radius 1 is 1.45 bits per heavy atom. The number of oxazole rings is 1. The Bertz CT molecular complexity index is 657. The molecule has 0 bridgehead atoms. The Morgan fingerprint density at radius 2 is 2.27 bits per heavy atom. The fourth-order valence-electron chi connectivity index (χ4n) is 3.06. The molecule has 2 saturated carbocycles. The molecular formula is C16H18N2O3S. The highest BCUT2D eigenvalue weighted by Gasteiger charge is 2.38. The molecule has 5 nitrogen and oxygen atoms in total. The molecule has 0 radical (unpaired) electrons. The molecule has 2 N–H and O–H groups in total. The highest BCUT2D eigenvalue weighted by Crippen LogP contribution is 2.42. The number of aromatic nitrogens is 1. The quantitative estimate of drug-likeness (QED) is 0.889. The van der Waals surface area contributed by atoms with Crippen molar-refractivity contribution in [3.63, 3.8) is 0 Å². The van der Waals surface area contributed by atoms with Crippen molar-refractivity contribution >= 4 is 17.2 Å². The van der Waals surface area contributed by atoms with Crippen LogP contribution in [0.1, 0.15) is 58.8 Å². The van der Waals surface area contributed by atoms with Crippen LogP contribution in [-0.4, -0.2) is 22.1 Å². The average Bonchev–Trinajstić information content (AvgIpc) is 3.01. The molecule has 2 aliphatic carbocycles. The van der Waals surface area contributed by atoms with E-state index in [9.17, 15) is 9.90 Å². The number of carbonyl (C=O) groups is 1. The van der Waals surface area contributed by atoms with E-state index in [1.807, 2.05) is 17.5 Å². The number of nitrogens with one attached hydrogen (secondary N) is 1. The van der Waals surface area contributed by atoms with E-state index in [4.69, 9.17) is 4.42 Å². The minimum absolute atomic E-state index is 0.0559. The summed E-state index contributed by atoms with van der Waals surface area (Å²) in [5, 5.41) is 14.7. The first kappa shape index (κ1) is 14.0. The maximum absolute atomic E-state index is 12.6. The summed E-state index contributed by atoms with van der Waals surface area (Å²) in [7, 11) is 0. The molecule has 2 aromatic heterocycles. The van der Waals surface area contributed by atoms with Crippen molar-refractivity contribution < 1.29 is 14.3 Å². The first-order valence-corrected chi connectivity index (χ1v) is 8.56. The minimum atomic E-state index is -0.238. The van der Waals surface area contributed by atoms with E-state index in [-0.39, 0.29) is 24.0 Å². The van der Waals surface area contributed by atoms with Gasteiger partial charge in [-0.1, -0.05) is 6.07 Å². The number of aliphatic hydroxyl groups is 1. The molecule has 0 saturated heterocycles. The predicted octanol–water partition coefficient (Wildman–Crippen LogP) is 2.86. The fourth-order valence-corrected chi connectivity index (χ4v) is 3.93. The zero-order valence-electron chi connectivity index (χ0n) is 12.1. The van der Waals surface area contributed by atoms with Gasteiger partial charge in [-0.2, -0.15) is 0 Å². The third-order valence-electron chi connectivity index (χ3n) is 4.52. The number of nitrogens with zero attached hydrogens (tertiary/aromatic N) is 1. The van der Waals surface area contributed by atoms with E-state index in [2.05, 4.69) is 10.3 Å². The van der Waals surface area contributed by atoms with Crippen LogP contribution in [-0.2, 0) is 0 Å². The third kappa shape index (κ3) is 2.57. The smallest absolute Gasteiger partial charge is 0.274 e. The Hall–Kier alpha value is -1.66. The maximum atomic E-state index is 12.6. The number of carbonyl (C=O) groups excluding carboxylic acids is 1. The van der Waals surface area contributed by atoms with Crippen LogP contribution >= 0.6 is 11.3 Å². The summed E-state index contributed by atoms with van der Waals surface area (Å²) in [6, 6.07) is 3.96. The van der Waals surface area contributed by atoms with E-state index in [1.165, 1.54) is 6.39 Å². The summed E-state index contributed by atoms with van der Waals surface area (Å²) in [5.74, 6) is 1.19. The van der Waals surface area contributed by atoms with E-state index in [0.29, 0.717) is 11.6 Å². The molecule has 1 atom stereocenters. The van der Waals surface area contributed by atoms with Gasteiger partial charge in [0.15, 0.2) is 12.1 Å². The zero-order chi connectivity index (χ0) is 15.1. The van der Waals surface area contributed by atoms with E-state index >= 15 is 0 Å². The summed E-state index contributed by atoms with van der Waals surface area (Å²) in [5.41, 5.74) is 0.420. The van der Waals surface area contributed by atoms with Gasteiger partial charge in [0.1, 0.15) is 5.76 Å². The van der Waals surface area contributed by atoms with Gasteiger partial charge in [0.25, 0.3) is 5.91 Å². The van der Waals surface area contributed by atoms with Crippen LogP contribution in [0.5, 0.6) is 0 Å². The van der Waals surface area contributed by atoms with Crippen molar-refractivity contribution in [3.8, 4) is 0 Å². The first-order valence-electron chi connectivity index (χ1n) is 7.68. The Balaban J connectivity index is 1.53. The molecule has 22 heavy (non-hydrogen) atoms. The molecule has 0 spiro atoms. The average molecular weight is 318 g/mol. The van der Waals surface area contributed by atoms with Crippen molar-refractivity contribution in [3.05, 3.63) is 40.2 Å². The molecule has 1 amide bonds. The Morgan fingerprint density at radius 3 is 2.91 bits per heavy atom. The normalized spacial score (nSPS) is 25.5. The summed E-state index contributed by atoms with van der Waals surface area (Å²) in [6.45, 7) is 0. The van der Waals surface area contributed by atoms with Gasteiger partial charge in [0, 0.05) is 10.8 Å². The lowest BCUT2D eigenvalue weighted by Crippen LogP contribution is -2.41. The number of amides is 1. The molecule has 0 aliphatic heterocycles. The lowest BCUT2D eigenvalue weighted by Gasteiger charge is -2.37. The molecule has 2 heterocycles. The molecule has 1 unspecified atom stereocenters. The number of hydrogen-bond acceptors (Lipinski definition) is 5. The van der Waals surface area contributed by atoms with Gasteiger partial charge in [-0.05, 0) is 43.0 Å². The second-order valence-corrected chi connectivity index (χ2v) is 7.17. The fraction of sp³-hybridized carbons (Fsp3) is 0.500. The van der Waals surface area contributed by atoms with Gasteiger partial charge < -0.3 is 14.8 Å². The van der Waals surface area contributed by atoms with Gasteiger partial charge in [0.05, 0.1) is 12.1 Å². The van der Waals surface area contributed by atoms with Gasteiger partial charge in [-0.3, -0.25) is 4.79 Å². The molecule has 0 aromatic carbocycles. The number of aliphatic hydroxyl groups excluding tert-OH is 1. The number of hydrogen-bond donors (Lipinski definition) is 2. The van der Waals surface area contributed by atoms with E-state index in [0.717, 1.165) is 36.3 Å². The third-order valence-corrected chi connectivity index (χ3v) is 5.47. The second-order valence-electron chi connectivity index (χ2n) is 6.19. The van der Waals surface area contributed by atoms with Gasteiger partial charge in [-0.25, -0.2) is 4.98 Å². The SMILES string of the molecule is O=C(NC(c1cccs1)C1CC(O)C1)c1ncoc1C1CC1. The van der Waals surface area contributed by atoms with Crippen LogP contribution in [0.3, 0.4) is 0 Å². The van der Waals surface area contributed by atoms with Crippen molar-refractivity contribution in [1.29, 1.82) is 0 Å². The largest absolute Gasteiger partial charge is 0.447 e. The Kier molecular flexibility index (Phi) is 3.50. The van der Waals surface area contributed by atoms with Crippen molar-refractivity contribution in [2.24, 2.45) is 5.92 Å². The highest BCUT2D eigenvalue weighted by atomic mass is 32.1. The van der Waals surface area contributed by atoms with Crippen molar-refractivity contribution in [2.75, 3.05) is 0 Å². The summed E-state index contributed by atoms with van der Waals surface area (Å²) in [6.07, 6.45) is 4.72. The van der Waals surface area contributed by atoms with Crippen LogP contribution in [0, 0.1) is 5.92 Å². The maximum Gasteiger partial charge on any atom is 0.274 e. The molecule has 2 aromatic rings. The molecular weight excluding hydrogens is 300 g/mol. The van der Waals surface area contributed by atoms with Gasteiger partial charge in [-0.15, -0.1) is 11.3 Å². The zero-order valence-corrected chi connectivity index (χ0v) is 12.9. The van der Waals surface area contributed by atoms with Crippen LogP contribution in [0.15, 0.2) is 28.3 Å². The first-order chi connectivity index (χ1) is 10.7. The van der Waals surface area contributed by atoms with Gasteiger partial charge in [0.2, 0.25) is 0 Å². The van der Waals surface area contributed by atoms with E-state index in [1.54, 1.807) is 11.3 Å². The predicted molar refractivity (Wildman–Crippen MR) is 81.7 cm³/mol. The lowest BCUT2D eigenvalue weighted by atomic mass is 9.76. The molecule has 2 aliphatic rings. The molecule has 6 heteroatoms. The second kappa shape index (κ2) is 5.52. The van der Waals surface area contributed by atoms with Gasteiger partial charge >= 0.3 is 0 Å².